The largest absolute Gasteiger partial charge is 0.374 e. The number of aliphatic hydroxyl groups excluding tert-OH is 1. The molecule has 0 aliphatic heterocycles. The van der Waals surface area contributed by atoms with E-state index in [9.17, 15) is 9.59 Å². The van der Waals surface area contributed by atoms with Gasteiger partial charge in [0.1, 0.15) is 0 Å². The van der Waals surface area contributed by atoms with Crippen molar-refractivity contribution in [2.24, 2.45) is 7.05 Å². The zero-order chi connectivity index (χ0) is 12.5. The lowest BCUT2D eigenvalue weighted by atomic mass is 10.1. The molecule has 0 saturated heterocycles. The van der Waals surface area contributed by atoms with Crippen LogP contribution < -0.4 is 16.1 Å². The third-order valence-electron chi connectivity index (χ3n) is 2.12. The fourth-order valence-electron chi connectivity index (χ4n) is 1.31. The van der Waals surface area contributed by atoms with E-state index in [0.29, 0.717) is 10.3 Å². The Hall–Kier alpha value is -1.56. The van der Waals surface area contributed by atoms with Crippen molar-refractivity contribution in [3.8, 4) is 0 Å². The van der Waals surface area contributed by atoms with Crippen molar-refractivity contribution in [2.45, 2.75) is 33.0 Å². The van der Waals surface area contributed by atoms with Crippen molar-refractivity contribution in [1.29, 1.82) is 0 Å². The number of hydrogen-bond acceptors (Lipinski definition) is 4. The maximum atomic E-state index is 11.8. The summed E-state index contributed by atoms with van der Waals surface area (Å²) < 4.78 is 1.83. The zero-order valence-corrected chi connectivity index (χ0v) is 9.80. The molecule has 1 N–H and O–H groups in total. The molecule has 0 aromatic carbocycles. The van der Waals surface area contributed by atoms with E-state index >= 15 is 0 Å². The number of aromatic nitrogens is 2. The van der Waals surface area contributed by atoms with Gasteiger partial charge in [0.25, 0.3) is 5.56 Å². The molecule has 0 aliphatic rings. The van der Waals surface area contributed by atoms with Crippen LogP contribution >= 0.6 is 0 Å². The molecule has 1 aromatic rings. The van der Waals surface area contributed by atoms with Gasteiger partial charge in [0, 0.05) is 25.7 Å². The zero-order valence-electron chi connectivity index (χ0n) is 9.80. The Balaban J connectivity index is 3.46. The van der Waals surface area contributed by atoms with Crippen LogP contribution in [0.5, 0.6) is 0 Å². The summed E-state index contributed by atoms with van der Waals surface area (Å²) in [6.07, 6.45) is 0.268. The van der Waals surface area contributed by atoms with Crippen LogP contribution in [0.15, 0.2) is 15.8 Å². The number of nitrogens with zero attached hydrogens (tertiary/aromatic N) is 2. The van der Waals surface area contributed by atoms with Crippen LogP contribution in [0.3, 0.4) is 0 Å². The molecule has 90 valence electrons. The third-order valence-corrected chi connectivity index (χ3v) is 2.12. The van der Waals surface area contributed by atoms with Crippen LogP contribution in [-0.4, -0.2) is 20.7 Å². The molecular formula is C10H16N2O4. The molecule has 1 rings (SSSR count). The monoisotopic (exact) mass is 228 g/mol. The van der Waals surface area contributed by atoms with Crippen molar-refractivity contribution in [1.82, 2.24) is 9.30 Å². The number of aryl methyl sites for hydroxylation is 1. The van der Waals surface area contributed by atoms with Crippen LogP contribution in [0.4, 0.5) is 0 Å². The molecule has 0 spiro atoms. The second-order valence-electron chi connectivity index (χ2n) is 3.94. The lowest BCUT2D eigenvalue weighted by molar-refractivity contribution is -0.0996. The predicted octanol–water partition coefficient (Wildman–Crippen LogP) is -0.563. The summed E-state index contributed by atoms with van der Waals surface area (Å²) in [5.74, 6) is -0.0249. The van der Waals surface area contributed by atoms with Crippen molar-refractivity contribution in [3.05, 3.63) is 32.6 Å². The summed E-state index contributed by atoms with van der Waals surface area (Å²) >= 11 is 0. The predicted molar refractivity (Wildman–Crippen MR) is 58.3 cm³/mol. The van der Waals surface area contributed by atoms with Gasteiger partial charge in [-0.2, -0.15) is 0 Å². The molecule has 0 saturated carbocycles. The Morgan fingerprint density at radius 3 is 2.31 bits per heavy atom. The fraction of sp³-hybridized carbons (Fsp3) is 0.600. The van der Waals surface area contributed by atoms with E-state index in [1.807, 2.05) is 13.8 Å². The number of rotatable bonds is 3. The van der Waals surface area contributed by atoms with E-state index in [4.69, 9.17) is 9.94 Å². The van der Waals surface area contributed by atoms with Gasteiger partial charge in [-0.25, -0.2) is 4.79 Å². The second-order valence-corrected chi connectivity index (χ2v) is 3.94. The average Bonchev–Trinajstić information content (AvgIpc) is 2.17. The van der Waals surface area contributed by atoms with Crippen molar-refractivity contribution in [3.63, 3.8) is 0 Å². The third kappa shape index (κ3) is 2.33. The van der Waals surface area contributed by atoms with Crippen LogP contribution in [0, 0.1) is 0 Å². The van der Waals surface area contributed by atoms with Crippen LogP contribution in [0.1, 0.15) is 32.3 Å². The van der Waals surface area contributed by atoms with E-state index in [2.05, 4.69) is 0 Å². The van der Waals surface area contributed by atoms with Crippen LogP contribution in [0.25, 0.3) is 0 Å². The topological polar surface area (TPSA) is 73.5 Å². The first-order valence-electron chi connectivity index (χ1n) is 5.02. The normalized spacial score (nSPS) is 12.9. The smallest absolute Gasteiger partial charge is 0.364 e. The average molecular weight is 228 g/mol. The van der Waals surface area contributed by atoms with Gasteiger partial charge in [-0.1, -0.05) is 18.6 Å². The Morgan fingerprint density at radius 2 is 1.88 bits per heavy atom. The fourth-order valence-corrected chi connectivity index (χ4v) is 1.31. The summed E-state index contributed by atoms with van der Waals surface area (Å²) in [5, 5.41) is 9.04. The second kappa shape index (κ2) is 4.52. The van der Waals surface area contributed by atoms with Crippen LogP contribution in [-0.2, 0) is 7.05 Å². The van der Waals surface area contributed by atoms with E-state index < -0.39 is 17.5 Å². The summed E-state index contributed by atoms with van der Waals surface area (Å²) in [4.78, 5) is 28.2. The first kappa shape index (κ1) is 12.5. The number of hydrogen-bond donors (Lipinski definition) is 1. The Labute approximate surface area is 92.7 Å². The molecule has 0 aliphatic carbocycles. The van der Waals surface area contributed by atoms with Crippen molar-refractivity contribution >= 4 is 0 Å². The van der Waals surface area contributed by atoms with E-state index in [1.165, 1.54) is 24.7 Å². The highest BCUT2D eigenvalue weighted by atomic mass is 16.7. The standard InChI is InChI=1S/C10H16N2O4/c1-6(2)8-5-11(4)10(15)12(9(8)14)16-7(3)13/h5-7,13H,1-4H3. The molecule has 6 nitrogen and oxygen atoms in total. The number of aliphatic hydroxyl groups is 1. The Morgan fingerprint density at radius 1 is 1.31 bits per heavy atom. The molecule has 0 radical (unpaired) electrons. The SMILES string of the molecule is CC(O)On1c(=O)c(C(C)C)cn(C)c1=O. The molecule has 1 unspecified atom stereocenters. The molecule has 1 atom stereocenters. The van der Waals surface area contributed by atoms with Gasteiger partial charge in [-0.3, -0.25) is 4.79 Å². The molecule has 6 heteroatoms. The highest BCUT2D eigenvalue weighted by Gasteiger charge is 2.14. The van der Waals surface area contributed by atoms with Gasteiger partial charge in [0.15, 0.2) is 0 Å². The van der Waals surface area contributed by atoms with Gasteiger partial charge < -0.3 is 14.5 Å². The summed E-state index contributed by atoms with van der Waals surface area (Å²) in [6, 6.07) is 0. The first-order chi connectivity index (χ1) is 7.34. The molecular weight excluding hydrogens is 212 g/mol. The maximum absolute atomic E-state index is 11.8. The minimum atomic E-state index is -1.21. The summed E-state index contributed by atoms with van der Waals surface area (Å²) in [7, 11) is 1.52. The van der Waals surface area contributed by atoms with E-state index in [-0.39, 0.29) is 5.92 Å². The van der Waals surface area contributed by atoms with Gasteiger partial charge >= 0.3 is 5.69 Å². The summed E-state index contributed by atoms with van der Waals surface area (Å²) in [6.45, 7) is 5.01. The minimum Gasteiger partial charge on any atom is -0.374 e. The first-order valence-corrected chi connectivity index (χ1v) is 5.02. The molecule has 0 fully saturated rings. The molecule has 1 aromatic heterocycles. The minimum absolute atomic E-state index is 0.0249. The van der Waals surface area contributed by atoms with E-state index in [1.54, 1.807) is 0 Å². The van der Waals surface area contributed by atoms with Gasteiger partial charge in [-0.15, -0.1) is 0 Å². The molecule has 16 heavy (non-hydrogen) atoms. The maximum Gasteiger partial charge on any atom is 0.364 e. The van der Waals surface area contributed by atoms with Crippen molar-refractivity contribution in [2.75, 3.05) is 0 Å². The van der Waals surface area contributed by atoms with E-state index in [0.717, 1.165) is 0 Å². The van der Waals surface area contributed by atoms with Gasteiger partial charge in [-0.05, 0) is 5.92 Å². The summed E-state index contributed by atoms with van der Waals surface area (Å²) in [5.41, 5.74) is -0.683. The highest BCUT2D eigenvalue weighted by Crippen LogP contribution is 2.06. The highest BCUT2D eigenvalue weighted by molar-refractivity contribution is 5.09. The lowest BCUT2D eigenvalue weighted by Crippen LogP contribution is -2.46. The Bertz CT molecular complexity index is 485. The lowest BCUT2D eigenvalue weighted by Gasteiger charge is -2.13. The molecule has 0 amide bonds. The van der Waals surface area contributed by atoms with Crippen molar-refractivity contribution < 1.29 is 9.94 Å². The van der Waals surface area contributed by atoms with Gasteiger partial charge in [0.2, 0.25) is 6.29 Å². The van der Waals surface area contributed by atoms with Gasteiger partial charge in [0.05, 0.1) is 0 Å². The van der Waals surface area contributed by atoms with Crippen LogP contribution in [0.2, 0.25) is 0 Å². The molecule has 1 heterocycles. The molecule has 0 bridgehead atoms. The Kier molecular flexibility index (Phi) is 3.54. The quantitative estimate of drug-likeness (QED) is 0.704.